The first-order valence-corrected chi connectivity index (χ1v) is 5.72. The normalized spacial score (nSPS) is 10.4. The van der Waals surface area contributed by atoms with Crippen molar-refractivity contribution in [1.82, 2.24) is 9.78 Å². The summed E-state index contributed by atoms with van der Waals surface area (Å²) in [6.07, 6.45) is 1.90. The van der Waals surface area contributed by atoms with Crippen molar-refractivity contribution in [3.05, 3.63) is 52.0 Å². The minimum absolute atomic E-state index is 0.0678. The SMILES string of the molecule is Cn1cc([N+](=O)[O-])c(NCCc2cccc(F)c2)n1. The Labute approximate surface area is 109 Å². The highest BCUT2D eigenvalue weighted by Gasteiger charge is 2.17. The average Bonchev–Trinajstić information content (AvgIpc) is 2.71. The molecule has 0 fully saturated rings. The number of hydrogen-bond acceptors (Lipinski definition) is 4. The first kappa shape index (κ1) is 13.0. The maximum atomic E-state index is 13.0. The number of aryl methyl sites for hydroxylation is 1. The van der Waals surface area contributed by atoms with Crippen molar-refractivity contribution in [2.24, 2.45) is 7.05 Å². The molecule has 6 nitrogen and oxygen atoms in total. The van der Waals surface area contributed by atoms with E-state index < -0.39 is 4.92 Å². The molecule has 0 aliphatic heterocycles. The minimum Gasteiger partial charge on any atom is -0.363 e. The fraction of sp³-hybridized carbons (Fsp3) is 0.250. The van der Waals surface area contributed by atoms with E-state index in [1.165, 1.54) is 23.0 Å². The van der Waals surface area contributed by atoms with Gasteiger partial charge >= 0.3 is 5.69 Å². The van der Waals surface area contributed by atoms with Gasteiger partial charge in [-0.15, -0.1) is 5.10 Å². The topological polar surface area (TPSA) is 73.0 Å². The van der Waals surface area contributed by atoms with Crippen LogP contribution in [0.15, 0.2) is 30.5 Å². The number of nitrogens with zero attached hydrogens (tertiary/aromatic N) is 3. The highest BCUT2D eigenvalue weighted by Crippen LogP contribution is 2.21. The van der Waals surface area contributed by atoms with Crippen LogP contribution in [0.5, 0.6) is 0 Å². The summed E-state index contributed by atoms with van der Waals surface area (Å²) < 4.78 is 14.3. The maximum absolute atomic E-state index is 13.0. The summed E-state index contributed by atoms with van der Waals surface area (Å²) in [5.74, 6) is -0.0646. The van der Waals surface area contributed by atoms with E-state index in [4.69, 9.17) is 0 Å². The molecule has 0 spiro atoms. The van der Waals surface area contributed by atoms with Gasteiger partial charge in [0, 0.05) is 13.6 Å². The number of benzene rings is 1. The molecule has 19 heavy (non-hydrogen) atoms. The van der Waals surface area contributed by atoms with Gasteiger partial charge in [-0.25, -0.2) is 4.39 Å². The second-order valence-electron chi connectivity index (χ2n) is 4.10. The van der Waals surface area contributed by atoms with E-state index in [9.17, 15) is 14.5 Å². The summed E-state index contributed by atoms with van der Waals surface area (Å²) in [7, 11) is 1.62. The second-order valence-corrected chi connectivity index (χ2v) is 4.10. The van der Waals surface area contributed by atoms with Crippen molar-refractivity contribution in [1.29, 1.82) is 0 Å². The van der Waals surface area contributed by atoms with E-state index >= 15 is 0 Å². The summed E-state index contributed by atoms with van der Waals surface area (Å²) in [5, 5.41) is 17.6. The average molecular weight is 264 g/mol. The zero-order valence-corrected chi connectivity index (χ0v) is 10.3. The third kappa shape index (κ3) is 3.27. The molecular formula is C12H13FN4O2. The number of nitro groups is 1. The predicted octanol–water partition coefficient (Wildman–Crippen LogP) is 2.12. The molecular weight excluding hydrogens is 251 g/mol. The van der Waals surface area contributed by atoms with Gasteiger partial charge < -0.3 is 5.32 Å². The number of rotatable bonds is 5. The van der Waals surface area contributed by atoms with Crippen LogP contribution in [0.4, 0.5) is 15.9 Å². The van der Waals surface area contributed by atoms with Crippen molar-refractivity contribution in [2.75, 3.05) is 11.9 Å². The minimum atomic E-state index is -0.489. The van der Waals surface area contributed by atoms with Crippen LogP contribution in [0.25, 0.3) is 0 Å². The van der Waals surface area contributed by atoms with Gasteiger partial charge in [0.05, 0.1) is 4.92 Å². The van der Waals surface area contributed by atoms with E-state index in [2.05, 4.69) is 10.4 Å². The lowest BCUT2D eigenvalue weighted by molar-refractivity contribution is -0.384. The van der Waals surface area contributed by atoms with Gasteiger partial charge in [0.2, 0.25) is 5.82 Å². The van der Waals surface area contributed by atoms with Crippen molar-refractivity contribution >= 4 is 11.5 Å². The molecule has 2 rings (SSSR count). The fourth-order valence-electron chi connectivity index (χ4n) is 1.75. The molecule has 1 aromatic carbocycles. The molecule has 100 valence electrons. The first-order chi connectivity index (χ1) is 9.06. The summed E-state index contributed by atoms with van der Waals surface area (Å²) in [6, 6.07) is 6.25. The molecule has 1 N–H and O–H groups in total. The van der Waals surface area contributed by atoms with Crippen LogP contribution < -0.4 is 5.32 Å². The van der Waals surface area contributed by atoms with Gasteiger partial charge in [0.15, 0.2) is 0 Å². The molecule has 0 aliphatic carbocycles. The van der Waals surface area contributed by atoms with Gasteiger partial charge in [-0.05, 0) is 24.1 Å². The molecule has 2 aromatic rings. The highest BCUT2D eigenvalue weighted by atomic mass is 19.1. The molecule has 0 saturated heterocycles. The second kappa shape index (κ2) is 5.47. The monoisotopic (exact) mass is 264 g/mol. The van der Waals surface area contributed by atoms with Crippen LogP contribution in [0.1, 0.15) is 5.56 Å². The Balaban J connectivity index is 1.98. The lowest BCUT2D eigenvalue weighted by Crippen LogP contribution is -2.07. The largest absolute Gasteiger partial charge is 0.363 e. The molecule has 0 aliphatic rings. The lowest BCUT2D eigenvalue weighted by atomic mass is 10.1. The number of halogens is 1. The summed E-state index contributed by atoms with van der Waals surface area (Å²) in [4.78, 5) is 10.3. The quantitative estimate of drug-likeness (QED) is 0.663. The van der Waals surface area contributed by atoms with Gasteiger partial charge in [0.25, 0.3) is 0 Å². The molecule has 7 heteroatoms. The van der Waals surface area contributed by atoms with Gasteiger partial charge in [-0.2, -0.15) is 0 Å². The van der Waals surface area contributed by atoms with Crippen LogP contribution in [0.3, 0.4) is 0 Å². The molecule has 1 heterocycles. The number of aromatic nitrogens is 2. The molecule has 0 bridgehead atoms. The molecule has 1 aromatic heterocycles. The highest BCUT2D eigenvalue weighted by molar-refractivity contribution is 5.54. The Kier molecular flexibility index (Phi) is 3.74. The molecule has 0 radical (unpaired) electrons. The van der Waals surface area contributed by atoms with Crippen molar-refractivity contribution in [3.63, 3.8) is 0 Å². The Bertz CT molecular complexity index is 597. The fourth-order valence-corrected chi connectivity index (χ4v) is 1.75. The Morgan fingerprint density at radius 2 is 2.32 bits per heavy atom. The van der Waals surface area contributed by atoms with E-state index in [1.54, 1.807) is 19.2 Å². The third-order valence-electron chi connectivity index (χ3n) is 2.60. The number of nitrogens with one attached hydrogen (secondary N) is 1. The van der Waals surface area contributed by atoms with E-state index in [1.807, 2.05) is 0 Å². The summed E-state index contributed by atoms with van der Waals surface area (Å²) in [5.41, 5.74) is 0.757. The maximum Gasteiger partial charge on any atom is 0.330 e. The van der Waals surface area contributed by atoms with Gasteiger partial charge in [-0.1, -0.05) is 12.1 Å². The van der Waals surface area contributed by atoms with Crippen molar-refractivity contribution < 1.29 is 9.31 Å². The van der Waals surface area contributed by atoms with Crippen LogP contribution in [0.2, 0.25) is 0 Å². The molecule has 0 amide bonds. The van der Waals surface area contributed by atoms with Gasteiger partial charge in [0.1, 0.15) is 12.0 Å². The first-order valence-electron chi connectivity index (χ1n) is 5.72. The number of hydrogen-bond donors (Lipinski definition) is 1. The smallest absolute Gasteiger partial charge is 0.330 e. The van der Waals surface area contributed by atoms with Crippen LogP contribution in [0, 0.1) is 15.9 Å². The Morgan fingerprint density at radius 3 is 3.00 bits per heavy atom. The van der Waals surface area contributed by atoms with Crippen LogP contribution >= 0.6 is 0 Å². The predicted molar refractivity (Wildman–Crippen MR) is 68.5 cm³/mol. The zero-order chi connectivity index (χ0) is 13.8. The van der Waals surface area contributed by atoms with Crippen LogP contribution in [-0.4, -0.2) is 21.2 Å². The van der Waals surface area contributed by atoms with Gasteiger partial charge in [-0.3, -0.25) is 14.8 Å². The summed E-state index contributed by atoms with van der Waals surface area (Å²) >= 11 is 0. The van der Waals surface area contributed by atoms with Crippen molar-refractivity contribution in [3.8, 4) is 0 Å². The zero-order valence-electron chi connectivity index (χ0n) is 10.3. The third-order valence-corrected chi connectivity index (χ3v) is 2.60. The van der Waals surface area contributed by atoms with E-state index in [-0.39, 0.29) is 17.3 Å². The number of anilines is 1. The van der Waals surface area contributed by atoms with Crippen molar-refractivity contribution in [2.45, 2.75) is 6.42 Å². The van der Waals surface area contributed by atoms with E-state index in [0.29, 0.717) is 13.0 Å². The molecule has 0 saturated carbocycles. The Morgan fingerprint density at radius 1 is 1.53 bits per heavy atom. The van der Waals surface area contributed by atoms with Crippen LogP contribution in [-0.2, 0) is 13.5 Å². The standard InChI is InChI=1S/C12H13FN4O2/c1-16-8-11(17(18)19)12(15-16)14-6-5-9-3-2-4-10(13)7-9/h2-4,7-8H,5-6H2,1H3,(H,14,15). The lowest BCUT2D eigenvalue weighted by Gasteiger charge is -2.03. The Hall–Kier alpha value is -2.44. The summed E-state index contributed by atoms with van der Waals surface area (Å²) in [6.45, 7) is 0.446. The molecule has 0 unspecified atom stereocenters. The van der Waals surface area contributed by atoms with E-state index in [0.717, 1.165) is 5.56 Å². The molecule has 0 atom stereocenters.